The predicted octanol–water partition coefficient (Wildman–Crippen LogP) is 4.44. The van der Waals surface area contributed by atoms with Crippen LogP contribution < -0.4 is 26.6 Å². The molecule has 3 fully saturated rings. The zero-order valence-electron chi connectivity index (χ0n) is 38.7. The van der Waals surface area contributed by atoms with Crippen LogP contribution in [0.4, 0.5) is 14.4 Å². The van der Waals surface area contributed by atoms with Crippen LogP contribution in [0.25, 0.3) is 0 Å². The fourth-order valence-electron chi connectivity index (χ4n) is 8.77. The summed E-state index contributed by atoms with van der Waals surface area (Å²) in [7, 11) is 0. The van der Waals surface area contributed by atoms with E-state index in [0.717, 1.165) is 44.3 Å². The van der Waals surface area contributed by atoms with E-state index in [4.69, 9.17) is 4.74 Å². The van der Waals surface area contributed by atoms with E-state index in [1.807, 2.05) is 35.8 Å². The van der Waals surface area contributed by atoms with Crippen molar-refractivity contribution >= 4 is 41.8 Å². The molecule has 3 saturated heterocycles. The number of unbranched alkanes of at least 4 members (excludes halogenated alkanes) is 1. The monoisotopic (exact) mass is 903 g/mol. The van der Waals surface area contributed by atoms with Crippen molar-refractivity contribution < 1.29 is 43.4 Å². The second-order valence-electron chi connectivity index (χ2n) is 19.3. The number of alkyl carbamates (subject to hydrolysis) is 1. The first kappa shape index (κ1) is 50.1. The van der Waals surface area contributed by atoms with Crippen molar-refractivity contribution in [2.45, 2.75) is 129 Å². The number of hydrogen-bond donors (Lipinski definition) is 6. The van der Waals surface area contributed by atoms with E-state index in [2.05, 4.69) is 26.6 Å². The van der Waals surface area contributed by atoms with Crippen molar-refractivity contribution in [2.75, 3.05) is 45.8 Å². The summed E-state index contributed by atoms with van der Waals surface area (Å²) in [4.78, 5) is 99.4. The van der Waals surface area contributed by atoms with Crippen LogP contribution in [0, 0.1) is 11.3 Å². The van der Waals surface area contributed by atoms with E-state index in [1.54, 1.807) is 74.2 Å². The lowest BCUT2D eigenvalue weighted by atomic mass is 9.72. The van der Waals surface area contributed by atoms with Gasteiger partial charge in [-0.2, -0.15) is 0 Å². The van der Waals surface area contributed by atoms with Gasteiger partial charge in [0.2, 0.25) is 23.6 Å². The molecule has 0 bridgehead atoms. The minimum atomic E-state index is -1.40. The second kappa shape index (κ2) is 23.4. The van der Waals surface area contributed by atoms with Crippen molar-refractivity contribution in [1.82, 2.24) is 41.3 Å². The SMILES string of the molecule is CC(C)CC(NC(=O)C(Cc1ccccc1)NC(=O)C(Cc1ccccc1)NC(=O)O)C(=O)NC(CCCCNC(=O)OC(C)(C)C)C(=O)N1CCC2(CC1)CN(C(=O)N1CCCC1)C2. The molecule has 0 aromatic heterocycles. The van der Waals surface area contributed by atoms with Crippen LogP contribution in [0.1, 0.15) is 97.1 Å². The van der Waals surface area contributed by atoms with E-state index in [-0.39, 0.29) is 49.0 Å². The fourth-order valence-corrected chi connectivity index (χ4v) is 8.77. The number of carbonyl (C=O) groups excluding carboxylic acids is 6. The number of piperidine rings is 1. The summed E-state index contributed by atoms with van der Waals surface area (Å²) in [5, 5.41) is 23.2. The molecule has 0 aliphatic carbocycles. The number of hydrogen-bond acceptors (Lipinski definition) is 8. The molecule has 65 heavy (non-hydrogen) atoms. The zero-order valence-corrected chi connectivity index (χ0v) is 38.7. The molecule has 356 valence electrons. The third-order valence-corrected chi connectivity index (χ3v) is 12.2. The van der Waals surface area contributed by atoms with Crippen molar-refractivity contribution in [3.63, 3.8) is 0 Å². The Bertz CT molecular complexity index is 1920. The molecule has 6 N–H and O–H groups in total. The molecule has 4 unspecified atom stereocenters. The smallest absolute Gasteiger partial charge is 0.407 e. The number of nitrogens with zero attached hydrogens (tertiary/aromatic N) is 3. The van der Waals surface area contributed by atoms with Gasteiger partial charge in [0.15, 0.2) is 0 Å². The standard InChI is InChI=1S/C48H70N8O9/c1-33(2)28-37(51-41(58)38(29-34-16-8-6-9-17-34)52-42(59)39(53-44(61)62)30-35-18-10-7-11-19-35)40(57)50-36(20-12-13-23-49-45(63)65-47(3,4)5)43(60)54-26-21-48(22-27-54)31-56(32-48)46(64)55-24-14-15-25-55/h6-11,16-19,33,36-39,53H,12-15,20-32H2,1-5H3,(H,49,63)(H,50,57)(H,51,58)(H,52,59)(H,61,62). The van der Waals surface area contributed by atoms with Gasteiger partial charge in [-0.05, 0) is 89.2 Å². The third kappa shape index (κ3) is 15.7. The van der Waals surface area contributed by atoms with Gasteiger partial charge < -0.3 is 51.1 Å². The van der Waals surface area contributed by atoms with Crippen molar-refractivity contribution in [1.29, 1.82) is 0 Å². The number of carboxylic acid groups (broad SMARTS) is 1. The Balaban J connectivity index is 1.28. The summed E-state index contributed by atoms with van der Waals surface area (Å²) in [5.41, 5.74) is 0.747. The molecular weight excluding hydrogens is 833 g/mol. The number of ether oxygens (including phenoxy) is 1. The number of nitrogens with one attached hydrogen (secondary N) is 5. The Kier molecular flexibility index (Phi) is 18.0. The lowest BCUT2D eigenvalue weighted by molar-refractivity contribution is -0.141. The first-order valence-electron chi connectivity index (χ1n) is 23.2. The second-order valence-corrected chi connectivity index (χ2v) is 19.3. The molecule has 8 amide bonds. The lowest BCUT2D eigenvalue weighted by Crippen LogP contribution is -2.65. The maximum Gasteiger partial charge on any atom is 0.407 e. The van der Waals surface area contributed by atoms with E-state index < -0.39 is 59.7 Å². The van der Waals surface area contributed by atoms with Crippen molar-refractivity contribution in [3.8, 4) is 0 Å². The molecule has 0 radical (unpaired) electrons. The van der Waals surface area contributed by atoms with E-state index in [9.17, 15) is 38.7 Å². The number of likely N-dealkylation sites (tertiary alicyclic amines) is 3. The van der Waals surface area contributed by atoms with Crippen LogP contribution in [-0.2, 0) is 36.8 Å². The highest BCUT2D eigenvalue weighted by molar-refractivity contribution is 5.95. The zero-order chi connectivity index (χ0) is 47.1. The number of urea groups is 1. The van der Waals surface area contributed by atoms with E-state index in [0.29, 0.717) is 51.1 Å². The van der Waals surface area contributed by atoms with Gasteiger partial charge in [0, 0.05) is 64.1 Å². The lowest BCUT2D eigenvalue weighted by Gasteiger charge is -2.54. The molecule has 2 aromatic carbocycles. The molecule has 5 rings (SSSR count). The summed E-state index contributed by atoms with van der Waals surface area (Å²) >= 11 is 0. The average Bonchev–Trinajstić information content (AvgIpc) is 3.79. The summed E-state index contributed by atoms with van der Waals surface area (Å²) in [6.45, 7) is 13.3. The van der Waals surface area contributed by atoms with Crippen LogP contribution in [-0.4, -0.2) is 137 Å². The molecule has 3 heterocycles. The molecule has 17 heteroatoms. The molecule has 0 saturated carbocycles. The van der Waals surface area contributed by atoms with Gasteiger partial charge in [0.25, 0.3) is 0 Å². The number of rotatable bonds is 19. The summed E-state index contributed by atoms with van der Waals surface area (Å²) in [6.07, 6.45) is 3.17. The molecule has 3 aliphatic heterocycles. The van der Waals surface area contributed by atoms with Crippen LogP contribution in [0.5, 0.6) is 0 Å². The minimum absolute atomic E-state index is 0.0398. The fraction of sp³-hybridized carbons (Fsp3) is 0.604. The van der Waals surface area contributed by atoms with Gasteiger partial charge in [-0.3, -0.25) is 19.2 Å². The van der Waals surface area contributed by atoms with E-state index in [1.165, 1.54) is 0 Å². The highest BCUT2D eigenvalue weighted by Crippen LogP contribution is 2.41. The topological polar surface area (TPSA) is 219 Å². The van der Waals surface area contributed by atoms with Gasteiger partial charge in [0.05, 0.1) is 0 Å². The van der Waals surface area contributed by atoms with E-state index >= 15 is 0 Å². The van der Waals surface area contributed by atoms with Gasteiger partial charge >= 0.3 is 18.2 Å². The Morgan fingerprint density at radius 2 is 1.17 bits per heavy atom. The minimum Gasteiger partial charge on any atom is -0.465 e. The Morgan fingerprint density at radius 1 is 0.662 bits per heavy atom. The van der Waals surface area contributed by atoms with Crippen LogP contribution in [0.2, 0.25) is 0 Å². The number of amides is 8. The summed E-state index contributed by atoms with van der Waals surface area (Å²) < 4.78 is 5.35. The van der Waals surface area contributed by atoms with Crippen molar-refractivity contribution in [2.24, 2.45) is 11.3 Å². The Morgan fingerprint density at radius 3 is 1.69 bits per heavy atom. The Hall–Kier alpha value is -5.87. The van der Waals surface area contributed by atoms with Crippen molar-refractivity contribution in [3.05, 3.63) is 71.8 Å². The third-order valence-electron chi connectivity index (χ3n) is 12.2. The van der Waals surface area contributed by atoms with Crippen LogP contribution in [0.3, 0.4) is 0 Å². The molecule has 17 nitrogen and oxygen atoms in total. The Labute approximate surface area is 383 Å². The molecule has 4 atom stereocenters. The van der Waals surface area contributed by atoms with Gasteiger partial charge in [-0.25, -0.2) is 14.4 Å². The van der Waals surface area contributed by atoms with Gasteiger partial charge in [0.1, 0.15) is 29.8 Å². The first-order valence-corrected chi connectivity index (χ1v) is 23.2. The first-order chi connectivity index (χ1) is 30.9. The maximum absolute atomic E-state index is 14.4. The molecular formula is C48H70N8O9. The van der Waals surface area contributed by atoms with Gasteiger partial charge in [-0.15, -0.1) is 0 Å². The predicted molar refractivity (Wildman–Crippen MR) is 245 cm³/mol. The van der Waals surface area contributed by atoms with Gasteiger partial charge in [-0.1, -0.05) is 74.5 Å². The highest BCUT2D eigenvalue weighted by atomic mass is 16.6. The van der Waals surface area contributed by atoms with Crippen LogP contribution in [0.15, 0.2) is 60.7 Å². The quantitative estimate of drug-likeness (QED) is 0.110. The summed E-state index contributed by atoms with van der Waals surface area (Å²) in [5.74, 6) is -2.21. The largest absolute Gasteiger partial charge is 0.465 e. The molecule has 1 spiro atoms. The normalized spacial score (nSPS) is 17.5. The summed E-state index contributed by atoms with van der Waals surface area (Å²) in [6, 6.07) is 13.6. The molecule has 3 aliphatic rings. The average molecular weight is 903 g/mol. The number of carbonyl (C=O) groups is 7. The number of benzene rings is 2. The maximum atomic E-state index is 14.4. The molecule has 2 aromatic rings. The highest BCUT2D eigenvalue weighted by Gasteiger charge is 2.48. The van der Waals surface area contributed by atoms with Crippen LogP contribution >= 0.6 is 0 Å².